The largest absolute Gasteiger partial charge is 0.430 e. The number of benzene rings is 2. The lowest BCUT2D eigenvalue weighted by Gasteiger charge is -2.20. The summed E-state index contributed by atoms with van der Waals surface area (Å²) in [6.45, 7) is 2.05. The number of hydrogen-bond donors (Lipinski definition) is 0. The Balaban J connectivity index is 2.17. The fraction of sp³-hybridized carbons (Fsp3) is 0.250. The van der Waals surface area contributed by atoms with E-state index in [1.54, 1.807) is 24.3 Å². The van der Waals surface area contributed by atoms with Crippen LogP contribution in [0.4, 0.5) is 0 Å². The molecule has 0 aliphatic rings. The number of unbranched alkanes of at least 4 members (excludes halogenated alkanes) is 1. The molecule has 2 aromatic carbocycles. The summed E-state index contributed by atoms with van der Waals surface area (Å²) in [5, 5.41) is 0. The lowest BCUT2D eigenvalue weighted by molar-refractivity contribution is 0.384. The molecule has 3 nitrogen and oxygen atoms in total. The van der Waals surface area contributed by atoms with E-state index in [2.05, 4.69) is 31.9 Å². The molecule has 0 unspecified atom stereocenters. The van der Waals surface area contributed by atoms with Gasteiger partial charge in [0.05, 0.1) is 6.16 Å². The van der Waals surface area contributed by atoms with E-state index in [1.165, 1.54) is 0 Å². The molecule has 0 saturated heterocycles. The Bertz CT molecular complexity index is 590. The van der Waals surface area contributed by atoms with Crippen LogP contribution in [0.15, 0.2) is 57.5 Å². The van der Waals surface area contributed by atoms with Crippen molar-refractivity contribution in [3.63, 3.8) is 0 Å². The molecule has 118 valence electrons. The Kier molecular flexibility index (Phi) is 6.54. The molecule has 2 rings (SSSR count). The molecule has 0 aliphatic heterocycles. The predicted octanol–water partition coefficient (Wildman–Crippen LogP) is 6.66. The summed E-state index contributed by atoms with van der Waals surface area (Å²) in [4.78, 5) is 0. The second-order valence-electron chi connectivity index (χ2n) is 4.78. The maximum absolute atomic E-state index is 13.0. The smallest absolute Gasteiger partial charge is 0.416 e. The van der Waals surface area contributed by atoms with Gasteiger partial charge in [-0.3, -0.25) is 0 Å². The van der Waals surface area contributed by atoms with Crippen molar-refractivity contribution >= 4 is 39.5 Å². The molecule has 0 radical (unpaired) electrons. The van der Waals surface area contributed by atoms with Gasteiger partial charge >= 0.3 is 7.60 Å². The highest BCUT2D eigenvalue weighted by Crippen LogP contribution is 2.49. The summed E-state index contributed by atoms with van der Waals surface area (Å²) in [5.74, 6) is 1.08. The third-order valence-corrected chi connectivity index (χ3v) is 5.80. The molecular formula is C16H17Br2O3P. The zero-order valence-corrected chi connectivity index (χ0v) is 16.2. The molecule has 0 saturated carbocycles. The molecule has 0 bridgehead atoms. The second kappa shape index (κ2) is 8.19. The summed E-state index contributed by atoms with van der Waals surface area (Å²) in [6, 6.07) is 14.5. The minimum Gasteiger partial charge on any atom is -0.416 e. The molecule has 0 spiro atoms. The zero-order valence-electron chi connectivity index (χ0n) is 12.2. The van der Waals surface area contributed by atoms with Crippen molar-refractivity contribution in [1.82, 2.24) is 0 Å². The summed E-state index contributed by atoms with van der Waals surface area (Å²) in [6.07, 6.45) is 2.09. The highest BCUT2D eigenvalue weighted by atomic mass is 79.9. The van der Waals surface area contributed by atoms with Crippen LogP contribution in [-0.2, 0) is 4.57 Å². The van der Waals surface area contributed by atoms with Crippen LogP contribution in [0, 0.1) is 0 Å². The van der Waals surface area contributed by atoms with E-state index in [-0.39, 0.29) is 0 Å². The summed E-state index contributed by atoms with van der Waals surface area (Å²) in [7, 11) is -3.24. The summed E-state index contributed by atoms with van der Waals surface area (Å²) < 4.78 is 26.3. The van der Waals surface area contributed by atoms with Crippen molar-refractivity contribution in [2.75, 3.05) is 6.16 Å². The fourth-order valence-electron chi connectivity index (χ4n) is 1.77. The van der Waals surface area contributed by atoms with E-state index >= 15 is 0 Å². The Hall–Kier alpha value is -0.770. The van der Waals surface area contributed by atoms with Crippen molar-refractivity contribution in [3.05, 3.63) is 57.5 Å². The first kappa shape index (κ1) is 17.6. The third kappa shape index (κ3) is 5.45. The van der Waals surface area contributed by atoms with Gasteiger partial charge < -0.3 is 9.05 Å². The summed E-state index contributed by atoms with van der Waals surface area (Å²) >= 11 is 6.73. The normalized spacial score (nSPS) is 11.2. The minimum absolute atomic E-state index is 0.385. The maximum Gasteiger partial charge on any atom is 0.430 e. The van der Waals surface area contributed by atoms with Gasteiger partial charge in [0.15, 0.2) is 0 Å². The van der Waals surface area contributed by atoms with Crippen LogP contribution in [0.3, 0.4) is 0 Å². The predicted molar refractivity (Wildman–Crippen MR) is 96.9 cm³/mol. The van der Waals surface area contributed by atoms with Crippen molar-refractivity contribution in [1.29, 1.82) is 0 Å². The second-order valence-corrected chi connectivity index (χ2v) is 8.64. The third-order valence-electron chi connectivity index (χ3n) is 2.90. The Morgan fingerprint density at radius 2 is 1.27 bits per heavy atom. The molecule has 0 aromatic heterocycles. The van der Waals surface area contributed by atoms with Crippen molar-refractivity contribution < 1.29 is 13.6 Å². The van der Waals surface area contributed by atoms with Gasteiger partial charge in [-0.15, -0.1) is 0 Å². The zero-order chi connectivity index (χ0) is 16.0. The van der Waals surface area contributed by atoms with Crippen molar-refractivity contribution in [2.24, 2.45) is 0 Å². The number of halogens is 2. The van der Waals surface area contributed by atoms with Crippen molar-refractivity contribution in [3.8, 4) is 11.5 Å². The average molecular weight is 448 g/mol. The molecule has 0 atom stereocenters. The molecule has 22 heavy (non-hydrogen) atoms. The molecule has 0 amide bonds. The molecule has 0 N–H and O–H groups in total. The average Bonchev–Trinajstić information content (AvgIpc) is 2.50. The van der Waals surface area contributed by atoms with Gasteiger partial charge in [0.2, 0.25) is 0 Å². The molecule has 0 aliphatic carbocycles. The summed E-state index contributed by atoms with van der Waals surface area (Å²) in [5.41, 5.74) is 0. The van der Waals surface area contributed by atoms with E-state index < -0.39 is 7.60 Å². The van der Waals surface area contributed by atoms with Crippen molar-refractivity contribution in [2.45, 2.75) is 19.8 Å². The lowest BCUT2D eigenvalue weighted by atomic mass is 10.3. The molecule has 0 heterocycles. The van der Waals surface area contributed by atoms with Gasteiger partial charge in [0, 0.05) is 8.95 Å². The standard InChI is InChI=1S/C16H17Br2O3P/c1-2-3-12-22(19,20-15-8-4-13(17)5-9-15)21-16-10-6-14(18)7-11-16/h4-11H,2-3,12H2,1H3. The van der Waals surface area contributed by atoms with E-state index in [4.69, 9.17) is 9.05 Å². The van der Waals surface area contributed by atoms with Gasteiger partial charge in [0.25, 0.3) is 0 Å². The van der Waals surface area contributed by atoms with Crippen LogP contribution in [0.2, 0.25) is 0 Å². The highest BCUT2D eigenvalue weighted by molar-refractivity contribution is 9.10. The maximum atomic E-state index is 13.0. The first-order chi connectivity index (χ1) is 10.5. The van der Waals surface area contributed by atoms with Crippen LogP contribution < -0.4 is 9.05 Å². The van der Waals surface area contributed by atoms with E-state index in [9.17, 15) is 4.57 Å². The van der Waals surface area contributed by atoms with E-state index in [0.717, 1.165) is 21.8 Å². The van der Waals surface area contributed by atoms with Gasteiger partial charge in [-0.2, -0.15) is 0 Å². The minimum atomic E-state index is -3.24. The Morgan fingerprint density at radius 3 is 1.64 bits per heavy atom. The fourth-order valence-corrected chi connectivity index (χ4v) is 4.11. The topological polar surface area (TPSA) is 35.5 Å². The van der Waals surface area contributed by atoms with Gasteiger partial charge in [-0.25, -0.2) is 4.57 Å². The van der Waals surface area contributed by atoms with Crippen LogP contribution >= 0.6 is 39.5 Å². The monoisotopic (exact) mass is 446 g/mol. The number of hydrogen-bond acceptors (Lipinski definition) is 3. The van der Waals surface area contributed by atoms with E-state index in [1.807, 2.05) is 31.2 Å². The lowest BCUT2D eigenvalue weighted by Crippen LogP contribution is -2.05. The highest BCUT2D eigenvalue weighted by Gasteiger charge is 2.27. The Morgan fingerprint density at radius 1 is 0.864 bits per heavy atom. The first-order valence-electron chi connectivity index (χ1n) is 7.00. The van der Waals surface area contributed by atoms with Crippen LogP contribution in [0.5, 0.6) is 11.5 Å². The van der Waals surface area contributed by atoms with Crippen LogP contribution in [0.25, 0.3) is 0 Å². The Labute approximate surface area is 147 Å². The van der Waals surface area contributed by atoms with Crippen LogP contribution in [-0.4, -0.2) is 6.16 Å². The number of rotatable bonds is 7. The molecular weight excluding hydrogens is 431 g/mol. The van der Waals surface area contributed by atoms with Gasteiger partial charge in [-0.1, -0.05) is 45.2 Å². The van der Waals surface area contributed by atoms with E-state index in [0.29, 0.717) is 17.7 Å². The van der Waals surface area contributed by atoms with Gasteiger partial charge in [0.1, 0.15) is 11.5 Å². The molecule has 6 heteroatoms. The first-order valence-corrected chi connectivity index (χ1v) is 10.3. The van der Waals surface area contributed by atoms with Crippen LogP contribution in [0.1, 0.15) is 19.8 Å². The quantitative estimate of drug-likeness (QED) is 0.445. The van der Waals surface area contributed by atoms with Gasteiger partial charge in [-0.05, 0) is 55.0 Å². The molecule has 2 aromatic rings. The molecule has 0 fully saturated rings. The SMILES string of the molecule is CCCCP(=O)(Oc1ccc(Br)cc1)Oc1ccc(Br)cc1.